The SMILES string of the molecule is CN1C(=O)[C@]2(N=C1N)c1cc(-c3cncnc3)ccc1O[C@H]1CCOC[C@@]12C. The van der Waals surface area contributed by atoms with Gasteiger partial charge in [0.2, 0.25) is 0 Å². The van der Waals surface area contributed by atoms with Crippen molar-refractivity contribution in [3.63, 3.8) is 0 Å². The predicted octanol–water partition coefficient (Wildman–Crippen LogP) is 1.31. The molecule has 0 radical (unpaired) electrons. The van der Waals surface area contributed by atoms with Gasteiger partial charge in [-0.25, -0.2) is 15.0 Å². The largest absolute Gasteiger partial charge is 0.489 e. The van der Waals surface area contributed by atoms with E-state index in [0.29, 0.717) is 30.9 Å². The third kappa shape index (κ3) is 2.03. The molecule has 144 valence electrons. The van der Waals surface area contributed by atoms with Crippen LogP contribution in [0.3, 0.4) is 0 Å². The molecule has 1 spiro atoms. The van der Waals surface area contributed by atoms with Crippen molar-refractivity contribution in [3.05, 3.63) is 42.5 Å². The van der Waals surface area contributed by atoms with Gasteiger partial charge in [-0.05, 0) is 17.7 Å². The number of nitrogens with two attached hydrogens (primary N) is 1. The Morgan fingerprint density at radius 2 is 2.04 bits per heavy atom. The zero-order valence-corrected chi connectivity index (χ0v) is 15.8. The first kappa shape index (κ1) is 17.1. The Hall–Kier alpha value is -3.00. The number of hydrogen-bond donors (Lipinski definition) is 1. The maximum absolute atomic E-state index is 13.6. The zero-order valence-electron chi connectivity index (χ0n) is 15.8. The maximum atomic E-state index is 13.6. The van der Waals surface area contributed by atoms with Crippen molar-refractivity contribution in [2.24, 2.45) is 16.1 Å². The van der Waals surface area contributed by atoms with Crippen LogP contribution >= 0.6 is 0 Å². The monoisotopic (exact) mass is 379 g/mol. The zero-order chi connectivity index (χ0) is 19.5. The number of aliphatic imine (C=N–C) groups is 1. The summed E-state index contributed by atoms with van der Waals surface area (Å²) in [6.07, 6.45) is 5.46. The molecule has 0 aliphatic carbocycles. The number of carbonyl (C=O) groups excluding carboxylic acids is 1. The van der Waals surface area contributed by atoms with Crippen LogP contribution in [0, 0.1) is 5.41 Å². The van der Waals surface area contributed by atoms with Gasteiger partial charge in [0.25, 0.3) is 5.91 Å². The number of carbonyl (C=O) groups is 1. The third-order valence-electron chi connectivity index (χ3n) is 6.24. The van der Waals surface area contributed by atoms with E-state index in [1.807, 2.05) is 25.1 Å². The Morgan fingerprint density at radius 1 is 1.25 bits per heavy atom. The summed E-state index contributed by atoms with van der Waals surface area (Å²) in [7, 11) is 1.65. The average Bonchev–Trinajstić information content (AvgIpc) is 2.95. The lowest BCUT2D eigenvalue weighted by molar-refractivity contribution is -0.159. The summed E-state index contributed by atoms with van der Waals surface area (Å²) in [6.45, 7) is 2.96. The number of hydrogen-bond acceptors (Lipinski definition) is 7. The molecule has 1 aromatic carbocycles. The van der Waals surface area contributed by atoms with Gasteiger partial charge >= 0.3 is 0 Å². The lowest BCUT2D eigenvalue weighted by Gasteiger charge is -2.53. The molecule has 1 aromatic heterocycles. The van der Waals surface area contributed by atoms with Crippen molar-refractivity contribution in [1.82, 2.24) is 14.9 Å². The second-order valence-corrected chi connectivity index (χ2v) is 7.75. The maximum Gasteiger partial charge on any atom is 0.262 e. The molecule has 0 saturated carbocycles. The van der Waals surface area contributed by atoms with E-state index in [2.05, 4.69) is 9.97 Å². The number of fused-ring (bicyclic) bond motifs is 4. The quantitative estimate of drug-likeness (QED) is 0.801. The summed E-state index contributed by atoms with van der Waals surface area (Å²) < 4.78 is 12.1. The van der Waals surface area contributed by atoms with E-state index in [-0.39, 0.29) is 18.0 Å². The van der Waals surface area contributed by atoms with Gasteiger partial charge in [0.1, 0.15) is 18.2 Å². The first-order chi connectivity index (χ1) is 13.5. The van der Waals surface area contributed by atoms with Crippen LogP contribution in [0.2, 0.25) is 0 Å². The Balaban J connectivity index is 1.78. The molecular formula is C20H21N5O3. The normalized spacial score (nSPS) is 31.2. The van der Waals surface area contributed by atoms with Crippen LogP contribution in [0.5, 0.6) is 5.75 Å². The smallest absolute Gasteiger partial charge is 0.262 e. The second-order valence-electron chi connectivity index (χ2n) is 7.75. The lowest BCUT2D eigenvalue weighted by Crippen LogP contribution is -2.63. The summed E-state index contributed by atoms with van der Waals surface area (Å²) in [5, 5.41) is 0. The van der Waals surface area contributed by atoms with Gasteiger partial charge in [-0.1, -0.05) is 13.0 Å². The number of likely N-dealkylation sites (N-methyl/N-ethyl adjacent to an activating group) is 1. The van der Waals surface area contributed by atoms with Gasteiger partial charge in [0, 0.05) is 37.0 Å². The number of rotatable bonds is 1. The molecule has 2 aromatic rings. The van der Waals surface area contributed by atoms with Crippen LogP contribution in [-0.4, -0.2) is 53.1 Å². The summed E-state index contributed by atoms with van der Waals surface area (Å²) in [5.41, 5.74) is 6.70. The van der Waals surface area contributed by atoms with Crippen LogP contribution in [0.1, 0.15) is 18.9 Å². The molecule has 5 rings (SSSR count). The van der Waals surface area contributed by atoms with E-state index >= 15 is 0 Å². The molecular weight excluding hydrogens is 358 g/mol. The average molecular weight is 379 g/mol. The van der Waals surface area contributed by atoms with Gasteiger partial charge < -0.3 is 15.2 Å². The van der Waals surface area contributed by atoms with Gasteiger partial charge in [0.05, 0.1) is 18.6 Å². The molecule has 2 N–H and O–H groups in total. The fraction of sp³-hybridized carbons (Fsp3) is 0.400. The molecule has 3 aliphatic rings. The molecule has 28 heavy (non-hydrogen) atoms. The van der Waals surface area contributed by atoms with Crippen LogP contribution in [0.4, 0.5) is 0 Å². The van der Waals surface area contributed by atoms with Crippen LogP contribution < -0.4 is 10.5 Å². The molecule has 1 saturated heterocycles. The van der Waals surface area contributed by atoms with Crippen LogP contribution in [-0.2, 0) is 15.1 Å². The Labute approximate surface area is 162 Å². The minimum atomic E-state index is -1.18. The topological polar surface area (TPSA) is 103 Å². The Bertz CT molecular complexity index is 995. The Kier molecular flexibility index (Phi) is 3.51. The summed E-state index contributed by atoms with van der Waals surface area (Å²) >= 11 is 0. The first-order valence-corrected chi connectivity index (χ1v) is 9.25. The fourth-order valence-corrected chi connectivity index (χ4v) is 4.61. The minimum Gasteiger partial charge on any atom is -0.489 e. The van der Waals surface area contributed by atoms with E-state index in [1.54, 1.807) is 19.4 Å². The van der Waals surface area contributed by atoms with E-state index in [0.717, 1.165) is 11.1 Å². The number of nitrogens with zero attached hydrogens (tertiary/aromatic N) is 4. The number of benzene rings is 1. The fourth-order valence-electron chi connectivity index (χ4n) is 4.61. The highest BCUT2D eigenvalue weighted by Crippen LogP contribution is 2.58. The van der Waals surface area contributed by atoms with E-state index in [1.165, 1.54) is 11.2 Å². The molecule has 0 unspecified atom stereocenters. The molecule has 4 heterocycles. The van der Waals surface area contributed by atoms with Crippen molar-refractivity contribution in [2.75, 3.05) is 20.3 Å². The van der Waals surface area contributed by atoms with Gasteiger partial charge in [-0.3, -0.25) is 9.69 Å². The number of aromatic nitrogens is 2. The van der Waals surface area contributed by atoms with Crippen LogP contribution in [0.15, 0.2) is 41.9 Å². The highest BCUT2D eigenvalue weighted by molar-refractivity contribution is 6.08. The molecule has 8 nitrogen and oxygen atoms in total. The number of amides is 1. The minimum absolute atomic E-state index is 0.158. The van der Waals surface area contributed by atoms with Crippen LogP contribution in [0.25, 0.3) is 11.1 Å². The van der Waals surface area contributed by atoms with Crippen molar-refractivity contribution in [3.8, 4) is 16.9 Å². The molecule has 0 bridgehead atoms. The summed E-state index contributed by atoms with van der Waals surface area (Å²) in [5.74, 6) is 0.705. The van der Waals surface area contributed by atoms with Gasteiger partial charge in [0.15, 0.2) is 11.5 Å². The Morgan fingerprint density at radius 3 is 2.75 bits per heavy atom. The van der Waals surface area contributed by atoms with Crippen molar-refractivity contribution in [2.45, 2.75) is 25.0 Å². The number of guanidine groups is 1. The van der Waals surface area contributed by atoms with Crippen molar-refractivity contribution < 1.29 is 14.3 Å². The second kappa shape index (κ2) is 5.75. The highest BCUT2D eigenvalue weighted by atomic mass is 16.5. The first-order valence-electron chi connectivity index (χ1n) is 9.25. The number of ether oxygens (including phenoxy) is 2. The highest BCUT2D eigenvalue weighted by Gasteiger charge is 2.67. The van der Waals surface area contributed by atoms with Gasteiger partial charge in [-0.2, -0.15) is 0 Å². The van der Waals surface area contributed by atoms with Gasteiger partial charge in [-0.15, -0.1) is 0 Å². The third-order valence-corrected chi connectivity index (χ3v) is 6.24. The molecule has 1 amide bonds. The predicted molar refractivity (Wildman–Crippen MR) is 101 cm³/mol. The van der Waals surface area contributed by atoms with Crippen molar-refractivity contribution in [1.29, 1.82) is 0 Å². The summed E-state index contributed by atoms with van der Waals surface area (Å²) in [4.78, 5) is 27.9. The van der Waals surface area contributed by atoms with E-state index < -0.39 is 11.0 Å². The molecule has 3 aliphatic heterocycles. The standard InChI is InChI=1S/C20H21N5O3/c1-19-10-27-6-5-16(19)28-15-4-3-12(13-8-22-11-23-9-13)7-14(15)20(19)17(26)25(2)18(21)24-20/h3-4,7-9,11,16H,5-6,10H2,1-2H3,(H2,21,24)/t16-,19-,20+/m0/s1. The molecule has 8 heteroatoms. The lowest BCUT2D eigenvalue weighted by atomic mass is 9.61. The summed E-state index contributed by atoms with van der Waals surface area (Å²) in [6, 6.07) is 5.78. The van der Waals surface area contributed by atoms with Crippen molar-refractivity contribution >= 4 is 11.9 Å². The van der Waals surface area contributed by atoms with E-state index in [4.69, 9.17) is 20.2 Å². The molecule has 1 fully saturated rings. The van der Waals surface area contributed by atoms with E-state index in [9.17, 15) is 4.79 Å². The molecule has 3 atom stereocenters.